The standard InChI is InChI=1S/C17H16N2O3S3/c1-10-7-14(11(2)23-10)16(20)15-9-18-17(24-15)19-12-5-4-6-13(8-12)25(3,21)22/h4-9H,1-3H3,(H,18,19). The molecule has 0 fully saturated rings. The molecule has 130 valence electrons. The normalized spacial score (nSPS) is 11.5. The number of anilines is 2. The summed E-state index contributed by atoms with van der Waals surface area (Å²) < 4.78 is 23.3. The lowest BCUT2D eigenvalue weighted by molar-refractivity contribution is 0.104. The first kappa shape index (κ1) is 17.8. The van der Waals surface area contributed by atoms with Gasteiger partial charge in [-0.3, -0.25) is 4.79 Å². The zero-order chi connectivity index (χ0) is 18.2. The summed E-state index contributed by atoms with van der Waals surface area (Å²) >= 11 is 2.84. The van der Waals surface area contributed by atoms with Crippen molar-refractivity contribution in [2.24, 2.45) is 0 Å². The third-order valence-corrected chi connectivity index (χ3v) is 6.52. The largest absolute Gasteiger partial charge is 0.331 e. The molecule has 0 spiro atoms. The number of nitrogens with one attached hydrogen (secondary N) is 1. The Hall–Kier alpha value is -2.03. The number of nitrogens with zero attached hydrogens (tertiary/aromatic N) is 1. The van der Waals surface area contributed by atoms with Crippen LogP contribution in [0, 0.1) is 13.8 Å². The summed E-state index contributed by atoms with van der Waals surface area (Å²) in [5, 5.41) is 3.60. The van der Waals surface area contributed by atoms with Gasteiger partial charge >= 0.3 is 0 Å². The molecule has 0 radical (unpaired) electrons. The van der Waals surface area contributed by atoms with Crippen molar-refractivity contribution in [2.45, 2.75) is 18.7 Å². The summed E-state index contributed by atoms with van der Waals surface area (Å²) in [5.74, 6) is -0.0442. The van der Waals surface area contributed by atoms with E-state index in [0.717, 1.165) is 16.0 Å². The monoisotopic (exact) mass is 392 g/mol. The van der Waals surface area contributed by atoms with E-state index >= 15 is 0 Å². The first-order valence-corrected chi connectivity index (χ1v) is 10.9. The van der Waals surface area contributed by atoms with E-state index in [1.54, 1.807) is 41.8 Å². The van der Waals surface area contributed by atoms with Crippen molar-refractivity contribution in [3.8, 4) is 0 Å². The number of carbonyl (C=O) groups is 1. The summed E-state index contributed by atoms with van der Waals surface area (Å²) in [6.07, 6.45) is 2.71. The maximum absolute atomic E-state index is 12.6. The molecule has 1 N–H and O–H groups in total. The van der Waals surface area contributed by atoms with Gasteiger partial charge in [0.2, 0.25) is 5.78 Å². The summed E-state index contributed by atoms with van der Waals surface area (Å²) in [6, 6.07) is 8.40. The van der Waals surface area contributed by atoms with Gasteiger partial charge in [0.05, 0.1) is 16.0 Å². The lowest BCUT2D eigenvalue weighted by atomic mass is 10.1. The van der Waals surface area contributed by atoms with Crippen molar-refractivity contribution in [1.29, 1.82) is 0 Å². The molecule has 2 heterocycles. The van der Waals surface area contributed by atoms with Crippen LogP contribution >= 0.6 is 22.7 Å². The van der Waals surface area contributed by atoms with Crippen LogP contribution in [-0.2, 0) is 9.84 Å². The molecule has 0 atom stereocenters. The van der Waals surface area contributed by atoms with Crippen molar-refractivity contribution < 1.29 is 13.2 Å². The van der Waals surface area contributed by atoms with Crippen molar-refractivity contribution in [2.75, 3.05) is 11.6 Å². The Balaban J connectivity index is 1.83. The molecule has 0 aliphatic carbocycles. The Morgan fingerprint density at radius 3 is 2.56 bits per heavy atom. The molecule has 8 heteroatoms. The lowest BCUT2D eigenvalue weighted by Crippen LogP contribution is -1.98. The fourth-order valence-corrected chi connectivity index (χ4v) is 4.73. The maximum Gasteiger partial charge on any atom is 0.205 e. The van der Waals surface area contributed by atoms with E-state index in [9.17, 15) is 13.2 Å². The average molecular weight is 393 g/mol. The predicted molar refractivity (Wildman–Crippen MR) is 102 cm³/mol. The average Bonchev–Trinajstić information content (AvgIpc) is 3.12. The zero-order valence-electron chi connectivity index (χ0n) is 13.9. The number of thiazole rings is 1. The molecule has 0 unspecified atom stereocenters. The Bertz CT molecular complexity index is 1050. The number of aryl methyl sites for hydroxylation is 2. The molecular weight excluding hydrogens is 376 g/mol. The van der Waals surface area contributed by atoms with Crippen LogP contribution in [0.25, 0.3) is 0 Å². The van der Waals surface area contributed by atoms with E-state index in [-0.39, 0.29) is 10.7 Å². The quantitative estimate of drug-likeness (QED) is 0.659. The molecule has 0 aliphatic heterocycles. The molecule has 0 aliphatic rings. The highest BCUT2D eigenvalue weighted by atomic mass is 32.2. The maximum atomic E-state index is 12.6. The highest BCUT2D eigenvalue weighted by molar-refractivity contribution is 7.90. The molecule has 3 rings (SSSR count). The minimum atomic E-state index is -3.27. The number of rotatable bonds is 5. The van der Waals surface area contributed by atoms with E-state index in [2.05, 4.69) is 10.3 Å². The van der Waals surface area contributed by atoms with Gasteiger partial charge in [-0.05, 0) is 38.1 Å². The number of benzene rings is 1. The number of hydrogen-bond acceptors (Lipinski definition) is 7. The van der Waals surface area contributed by atoms with Gasteiger partial charge in [-0.25, -0.2) is 13.4 Å². The summed E-state index contributed by atoms with van der Waals surface area (Å²) in [4.78, 5) is 19.7. The van der Waals surface area contributed by atoms with Gasteiger partial charge in [-0.1, -0.05) is 17.4 Å². The molecular formula is C17H16N2O3S3. The second kappa shape index (κ2) is 6.70. The molecule has 0 saturated heterocycles. The topological polar surface area (TPSA) is 76.1 Å². The van der Waals surface area contributed by atoms with Gasteiger partial charge in [0.15, 0.2) is 15.0 Å². The van der Waals surface area contributed by atoms with E-state index in [0.29, 0.717) is 21.3 Å². The van der Waals surface area contributed by atoms with Gasteiger partial charge in [0.25, 0.3) is 0 Å². The second-order valence-corrected chi connectivity index (χ2v) is 10.1. The van der Waals surface area contributed by atoms with E-state index < -0.39 is 9.84 Å². The Labute approximate surface area is 154 Å². The predicted octanol–water partition coefficient (Wildman–Crippen LogP) is 4.20. The summed E-state index contributed by atoms with van der Waals surface area (Å²) in [7, 11) is -3.27. The van der Waals surface area contributed by atoms with Crippen molar-refractivity contribution in [1.82, 2.24) is 4.98 Å². The molecule has 1 aromatic carbocycles. The summed E-state index contributed by atoms with van der Waals surface area (Å²) in [6.45, 7) is 3.91. The van der Waals surface area contributed by atoms with Crippen LogP contribution in [0.3, 0.4) is 0 Å². The first-order valence-electron chi connectivity index (χ1n) is 7.39. The minimum Gasteiger partial charge on any atom is -0.331 e. The first-order chi connectivity index (χ1) is 11.7. The zero-order valence-corrected chi connectivity index (χ0v) is 16.3. The van der Waals surface area contributed by atoms with Crippen LogP contribution in [0.15, 0.2) is 41.4 Å². The Morgan fingerprint density at radius 2 is 1.92 bits per heavy atom. The minimum absolute atomic E-state index is 0.0442. The van der Waals surface area contributed by atoms with Crippen molar-refractivity contribution in [3.05, 3.63) is 56.7 Å². The van der Waals surface area contributed by atoms with Crippen LogP contribution in [0.2, 0.25) is 0 Å². The molecule has 0 amide bonds. The molecule has 0 saturated carbocycles. The van der Waals surface area contributed by atoms with Gasteiger partial charge in [-0.15, -0.1) is 11.3 Å². The number of carbonyl (C=O) groups excluding carboxylic acids is 1. The third-order valence-electron chi connectivity index (χ3n) is 3.53. The highest BCUT2D eigenvalue weighted by Gasteiger charge is 2.17. The van der Waals surface area contributed by atoms with Crippen molar-refractivity contribution >= 4 is 49.1 Å². The molecule has 0 bridgehead atoms. The number of sulfone groups is 1. The molecule has 2 aromatic heterocycles. The third kappa shape index (κ3) is 3.97. The van der Waals surface area contributed by atoms with Crippen LogP contribution in [0.1, 0.15) is 25.0 Å². The lowest BCUT2D eigenvalue weighted by Gasteiger charge is -2.04. The Kier molecular flexibility index (Phi) is 4.77. The van der Waals surface area contributed by atoms with Crippen molar-refractivity contribution in [3.63, 3.8) is 0 Å². The van der Waals surface area contributed by atoms with Crippen LogP contribution < -0.4 is 5.32 Å². The van der Waals surface area contributed by atoms with Crippen LogP contribution in [0.5, 0.6) is 0 Å². The molecule has 3 aromatic rings. The fraction of sp³-hybridized carbons (Fsp3) is 0.176. The van der Waals surface area contributed by atoms with Gasteiger partial charge in [0.1, 0.15) is 0 Å². The van der Waals surface area contributed by atoms with E-state index in [1.807, 2.05) is 19.9 Å². The fourth-order valence-electron chi connectivity index (χ4n) is 2.35. The van der Waals surface area contributed by atoms with Gasteiger partial charge in [0, 0.05) is 27.3 Å². The Morgan fingerprint density at radius 1 is 1.16 bits per heavy atom. The number of ketones is 1. The van der Waals surface area contributed by atoms with Crippen LogP contribution in [-0.4, -0.2) is 25.4 Å². The number of thiophene rings is 1. The van der Waals surface area contributed by atoms with E-state index in [4.69, 9.17) is 0 Å². The smallest absolute Gasteiger partial charge is 0.205 e. The van der Waals surface area contributed by atoms with Crippen LogP contribution in [0.4, 0.5) is 10.8 Å². The van der Waals surface area contributed by atoms with Gasteiger partial charge in [-0.2, -0.15) is 0 Å². The van der Waals surface area contributed by atoms with E-state index in [1.165, 1.54) is 11.3 Å². The number of aromatic nitrogens is 1. The summed E-state index contributed by atoms with van der Waals surface area (Å²) in [5.41, 5.74) is 1.32. The SMILES string of the molecule is Cc1cc(C(=O)c2cnc(Nc3cccc(S(C)(=O)=O)c3)s2)c(C)s1. The molecule has 25 heavy (non-hydrogen) atoms. The highest BCUT2D eigenvalue weighted by Crippen LogP contribution is 2.28. The molecule has 5 nitrogen and oxygen atoms in total. The second-order valence-electron chi connectivity index (χ2n) is 5.61. The van der Waals surface area contributed by atoms with Gasteiger partial charge < -0.3 is 5.32 Å². The number of hydrogen-bond donors (Lipinski definition) is 1.